The van der Waals surface area contributed by atoms with Crippen molar-refractivity contribution in [2.45, 2.75) is 83.6 Å². The highest BCUT2D eigenvalue weighted by molar-refractivity contribution is 5.76. The summed E-state index contributed by atoms with van der Waals surface area (Å²) in [5.74, 6) is 1.28. The average Bonchev–Trinajstić information content (AvgIpc) is 2.45. The van der Waals surface area contributed by atoms with Crippen molar-refractivity contribution in [3.05, 3.63) is 0 Å². The van der Waals surface area contributed by atoms with Crippen LogP contribution in [0.15, 0.2) is 0 Å². The molecule has 1 amide bonds. The fraction of sp³-hybridized carbons (Fsp3) is 0.938. The van der Waals surface area contributed by atoms with Crippen LogP contribution in [0.25, 0.3) is 0 Å². The molecule has 2 heteroatoms. The van der Waals surface area contributed by atoms with Crippen molar-refractivity contribution < 1.29 is 4.79 Å². The molecule has 2 aliphatic rings. The quantitative estimate of drug-likeness (QED) is 0.735. The van der Waals surface area contributed by atoms with E-state index < -0.39 is 0 Å². The van der Waals surface area contributed by atoms with Gasteiger partial charge in [-0.2, -0.15) is 0 Å². The van der Waals surface area contributed by atoms with Crippen LogP contribution in [0.1, 0.15) is 77.6 Å². The van der Waals surface area contributed by atoms with Crippen molar-refractivity contribution in [2.24, 2.45) is 5.92 Å². The summed E-state index contributed by atoms with van der Waals surface area (Å²) < 4.78 is 0. The van der Waals surface area contributed by atoms with Crippen molar-refractivity contribution in [1.29, 1.82) is 0 Å². The van der Waals surface area contributed by atoms with E-state index in [0.29, 0.717) is 11.9 Å². The molecular formula is C16H29NO. The fourth-order valence-electron chi connectivity index (χ4n) is 3.70. The monoisotopic (exact) mass is 251 g/mol. The second-order valence-electron chi connectivity index (χ2n) is 6.19. The largest absolute Gasteiger partial charge is 0.340 e. The molecule has 1 aliphatic carbocycles. The molecule has 0 aromatic heterocycles. The molecule has 1 atom stereocenters. The summed E-state index contributed by atoms with van der Waals surface area (Å²) in [5, 5.41) is 0. The molecule has 1 heterocycles. The lowest BCUT2D eigenvalue weighted by Crippen LogP contribution is -2.43. The van der Waals surface area contributed by atoms with E-state index >= 15 is 0 Å². The molecule has 104 valence electrons. The Hall–Kier alpha value is -0.530. The maximum absolute atomic E-state index is 12.3. The van der Waals surface area contributed by atoms with E-state index in [1.807, 2.05) is 0 Å². The van der Waals surface area contributed by atoms with E-state index in [1.165, 1.54) is 51.4 Å². The minimum absolute atomic E-state index is 0.437. The molecule has 0 N–H and O–H groups in total. The summed E-state index contributed by atoms with van der Waals surface area (Å²) in [6, 6.07) is 0.539. The van der Waals surface area contributed by atoms with Gasteiger partial charge in [0.2, 0.25) is 5.91 Å². The number of nitrogens with zero attached hydrogens (tertiary/aromatic N) is 1. The number of carbonyl (C=O) groups is 1. The van der Waals surface area contributed by atoms with Crippen LogP contribution in [0.5, 0.6) is 0 Å². The minimum atomic E-state index is 0.437. The SMILES string of the molecule is CCC1CCCCN1C(=O)CCC1CCCCC1. The van der Waals surface area contributed by atoms with Crippen LogP contribution >= 0.6 is 0 Å². The van der Waals surface area contributed by atoms with E-state index in [0.717, 1.165) is 31.7 Å². The number of piperidine rings is 1. The van der Waals surface area contributed by atoms with Crippen LogP contribution in [0, 0.1) is 5.92 Å². The van der Waals surface area contributed by atoms with E-state index in [-0.39, 0.29) is 0 Å². The van der Waals surface area contributed by atoms with Crippen molar-refractivity contribution in [1.82, 2.24) is 4.90 Å². The lowest BCUT2D eigenvalue weighted by Gasteiger charge is -2.35. The third-order valence-corrected chi connectivity index (χ3v) is 4.91. The summed E-state index contributed by atoms with van der Waals surface area (Å²) in [4.78, 5) is 14.5. The molecule has 1 saturated carbocycles. The Morgan fingerprint density at radius 3 is 2.50 bits per heavy atom. The molecule has 0 bridgehead atoms. The Bertz CT molecular complexity index is 258. The number of amides is 1. The van der Waals surface area contributed by atoms with Gasteiger partial charge in [-0.15, -0.1) is 0 Å². The average molecular weight is 251 g/mol. The zero-order valence-corrected chi connectivity index (χ0v) is 12.0. The van der Waals surface area contributed by atoms with E-state index in [2.05, 4.69) is 11.8 Å². The standard InChI is InChI=1S/C16H29NO/c1-2-15-10-6-7-13-17(15)16(18)12-11-14-8-4-3-5-9-14/h14-15H,2-13H2,1H3. The van der Waals surface area contributed by atoms with Crippen molar-refractivity contribution in [2.75, 3.05) is 6.54 Å². The lowest BCUT2D eigenvalue weighted by atomic mass is 9.86. The predicted molar refractivity (Wildman–Crippen MR) is 75.5 cm³/mol. The molecule has 2 fully saturated rings. The van der Waals surface area contributed by atoms with Gasteiger partial charge in [0.25, 0.3) is 0 Å². The lowest BCUT2D eigenvalue weighted by molar-refractivity contribution is -0.135. The van der Waals surface area contributed by atoms with Gasteiger partial charge in [-0.3, -0.25) is 4.79 Å². The molecule has 1 saturated heterocycles. The van der Waals surface area contributed by atoms with Crippen LogP contribution in [0.2, 0.25) is 0 Å². The smallest absolute Gasteiger partial charge is 0.222 e. The second kappa shape index (κ2) is 7.16. The summed E-state index contributed by atoms with van der Waals surface area (Å²) >= 11 is 0. The molecule has 0 spiro atoms. The summed E-state index contributed by atoms with van der Waals surface area (Å²) in [6.07, 6.45) is 13.8. The maximum atomic E-state index is 12.3. The molecule has 0 aromatic carbocycles. The molecule has 1 aliphatic heterocycles. The summed E-state index contributed by atoms with van der Waals surface area (Å²) in [7, 11) is 0. The first kappa shape index (κ1) is 13.9. The highest BCUT2D eigenvalue weighted by Gasteiger charge is 2.25. The topological polar surface area (TPSA) is 20.3 Å². The third kappa shape index (κ3) is 3.73. The molecular weight excluding hydrogens is 222 g/mol. The summed E-state index contributed by atoms with van der Waals surface area (Å²) in [5.41, 5.74) is 0. The Kier molecular flexibility index (Phi) is 5.52. The molecule has 2 rings (SSSR count). The zero-order valence-electron chi connectivity index (χ0n) is 12.0. The van der Waals surface area contributed by atoms with Crippen LogP contribution in [-0.2, 0) is 4.79 Å². The maximum Gasteiger partial charge on any atom is 0.222 e. The molecule has 18 heavy (non-hydrogen) atoms. The van der Waals surface area contributed by atoms with Gasteiger partial charge in [0.15, 0.2) is 0 Å². The van der Waals surface area contributed by atoms with Crippen molar-refractivity contribution in [3.63, 3.8) is 0 Å². The Labute approximate surface area is 112 Å². The zero-order chi connectivity index (χ0) is 12.8. The number of rotatable bonds is 4. The van der Waals surface area contributed by atoms with Gasteiger partial charge in [-0.05, 0) is 38.0 Å². The first-order valence-corrected chi connectivity index (χ1v) is 8.10. The van der Waals surface area contributed by atoms with Crippen LogP contribution in [-0.4, -0.2) is 23.4 Å². The normalized spacial score (nSPS) is 26.3. The molecule has 1 unspecified atom stereocenters. The fourth-order valence-corrected chi connectivity index (χ4v) is 3.70. The predicted octanol–water partition coefficient (Wildman–Crippen LogP) is 4.14. The first-order chi connectivity index (χ1) is 8.81. The van der Waals surface area contributed by atoms with Crippen LogP contribution in [0.4, 0.5) is 0 Å². The van der Waals surface area contributed by atoms with E-state index in [4.69, 9.17) is 0 Å². The van der Waals surface area contributed by atoms with Gasteiger partial charge in [0.1, 0.15) is 0 Å². The minimum Gasteiger partial charge on any atom is -0.340 e. The summed E-state index contributed by atoms with van der Waals surface area (Å²) in [6.45, 7) is 3.24. The number of carbonyl (C=O) groups excluding carboxylic acids is 1. The van der Waals surface area contributed by atoms with Gasteiger partial charge in [-0.1, -0.05) is 39.0 Å². The molecule has 0 radical (unpaired) electrons. The number of likely N-dealkylation sites (tertiary alicyclic amines) is 1. The number of hydrogen-bond donors (Lipinski definition) is 0. The van der Waals surface area contributed by atoms with Gasteiger partial charge < -0.3 is 4.90 Å². The van der Waals surface area contributed by atoms with Gasteiger partial charge >= 0.3 is 0 Å². The van der Waals surface area contributed by atoms with E-state index in [9.17, 15) is 4.79 Å². The number of hydrogen-bond acceptors (Lipinski definition) is 1. The van der Waals surface area contributed by atoms with Crippen LogP contribution < -0.4 is 0 Å². The third-order valence-electron chi connectivity index (χ3n) is 4.91. The highest BCUT2D eigenvalue weighted by atomic mass is 16.2. The molecule has 0 aromatic rings. The second-order valence-corrected chi connectivity index (χ2v) is 6.19. The Morgan fingerprint density at radius 2 is 1.78 bits per heavy atom. The van der Waals surface area contributed by atoms with Crippen LogP contribution in [0.3, 0.4) is 0 Å². The highest BCUT2D eigenvalue weighted by Crippen LogP contribution is 2.28. The van der Waals surface area contributed by atoms with E-state index in [1.54, 1.807) is 0 Å². The van der Waals surface area contributed by atoms with Gasteiger partial charge in [-0.25, -0.2) is 0 Å². The van der Waals surface area contributed by atoms with Gasteiger partial charge in [0.05, 0.1) is 0 Å². The first-order valence-electron chi connectivity index (χ1n) is 8.10. The Balaban J connectivity index is 1.75. The van der Waals surface area contributed by atoms with Crippen molar-refractivity contribution in [3.8, 4) is 0 Å². The molecule has 2 nitrogen and oxygen atoms in total. The Morgan fingerprint density at radius 1 is 1.06 bits per heavy atom. The van der Waals surface area contributed by atoms with Gasteiger partial charge in [0, 0.05) is 19.0 Å². The van der Waals surface area contributed by atoms with Crippen molar-refractivity contribution >= 4 is 5.91 Å².